The number of rotatable bonds is 1. The van der Waals surface area contributed by atoms with Gasteiger partial charge in [0.25, 0.3) is 0 Å². The molecule has 118 valence electrons. The van der Waals surface area contributed by atoms with E-state index in [1.807, 2.05) is 6.07 Å². The summed E-state index contributed by atoms with van der Waals surface area (Å²) < 4.78 is 0. The summed E-state index contributed by atoms with van der Waals surface area (Å²) in [5.41, 5.74) is 4.52. The van der Waals surface area contributed by atoms with Gasteiger partial charge in [-0.2, -0.15) is 0 Å². The Bertz CT molecular complexity index is 1240. The summed E-state index contributed by atoms with van der Waals surface area (Å²) in [5, 5.41) is 6.29. The standard InChI is InChI=1S/C24H17N/c1-16-8-7-13-20-22-19-12-6-5-9-17(19)14-15-21(22)24(25-23(16)20)18-10-3-2-4-11-18/h2-15H,1H3. The molecule has 1 heterocycles. The first kappa shape index (κ1) is 14.2. The molecule has 0 saturated carbocycles. The molecule has 1 aromatic heterocycles. The van der Waals surface area contributed by atoms with Crippen LogP contribution >= 0.6 is 0 Å². The first-order chi connectivity index (χ1) is 12.3. The van der Waals surface area contributed by atoms with Crippen LogP contribution in [0.5, 0.6) is 0 Å². The molecule has 0 amide bonds. The van der Waals surface area contributed by atoms with E-state index >= 15 is 0 Å². The molecule has 4 aromatic carbocycles. The molecule has 1 nitrogen and oxygen atoms in total. The molecule has 0 aliphatic heterocycles. The number of aromatic nitrogens is 1. The lowest BCUT2D eigenvalue weighted by Gasteiger charge is -2.13. The Morgan fingerprint density at radius 3 is 2.24 bits per heavy atom. The highest BCUT2D eigenvalue weighted by molar-refractivity contribution is 6.22. The van der Waals surface area contributed by atoms with Gasteiger partial charge < -0.3 is 0 Å². The number of hydrogen-bond donors (Lipinski definition) is 0. The minimum atomic E-state index is 1.06. The van der Waals surface area contributed by atoms with Crippen molar-refractivity contribution in [3.63, 3.8) is 0 Å². The quantitative estimate of drug-likeness (QED) is 0.321. The van der Waals surface area contributed by atoms with Crippen molar-refractivity contribution in [1.82, 2.24) is 4.98 Å². The summed E-state index contributed by atoms with van der Waals surface area (Å²) in [5.74, 6) is 0. The van der Waals surface area contributed by atoms with E-state index < -0.39 is 0 Å². The zero-order valence-corrected chi connectivity index (χ0v) is 14.0. The van der Waals surface area contributed by atoms with Gasteiger partial charge in [-0.3, -0.25) is 0 Å². The van der Waals surface area contributed by atoms with Crippen molar-refractivity contribution in [2.75, 3.05) is 0 Å². The number of pyridine rings is 1. The van der Waals surface area contributed by atoms with Gasteiger partial charge in [-0.15, -0.1) is 0 Å². The van der Waals surface area contributed by atoms with E-state index in [2.05, 4.69) is 85.8 Å². The molecule has 0 N–H and O–H groups in total. The molecule has 0 radical (unpaired) electrons. The molecule has 0 fully saturated rings. The zero-order valence-electron chi connectivity index (χ0n) is 14.0. The molecule has 0 bridgehead atoms. The number of nitrogens with zero attached hydrogens (tertiary/aromatic N) is 1. The normalized spacial score (nSPS) is 11.4. The van der Waals surface area contributed by atoms with Crippen LogP contribution in [-0.2, 0) is 0 Å². The second kappa shape index (κ2) is 5.42. The summed E-state index contributed by atoms with van der Waals surface area (Å²) in [6.07, 6.45) is 0. The predicted octanol–water partition coefficient (Wildman–Crippen LogP) is 6.52. The van der Waals surface area contributed by atoms with Crippen molar-refractivity contribution < 1.29 is 0 Å². The van der Waals surface area contributed by atoms with Crippen molar-refractivity contribution in [1.29, 1.82) is 0 Å². The van der Waals surface area contributed by atoms with Crippen molar-refractivity contribution in [3.05, 3.63) is 90.5 Å². The van der Waals surface area contributed by atoms with Crippen LogP contribution in [0.1, 0.15) is 5.56 Å². The van der Waals surface area contributed by atoms with Crippen LogP contribution in [0.3, 0.4) is 0 Å². The monoisotopic (exact) mass is 319 g/mol. The van der Waals surface area contributed by atoms with Crippen molar-refractivity contribution in [2.45, 2.75) is 6.92 Å². The van der Waals surface area contributed by atoms with Crippen LogP contribution in [0.15, 0.2) is 84.9 Å². The predicted molar refractivity (Wildman–Crippen MR) is 107 cm³/mol. The van der Waals surface area contributed by atoms with Crippen molar-refractivity contribution in [2.24, 2.45) is 0 Å². The third-order valence-electron chi connectivity index (χ3n) is 4.96. The van der Waals surface area contributed by atoms with Crippen LogP contribution in [0, 0.1) is 6.92 Å². The lowest BCUT2D eigenvalue weighted by atomic mass is 9.94. The Balaban J connectivity index is 2.08. The Morgan fingerprint density at radius 2 is 1.36 bits per heavy atom. The summed E-state index contributed by atoms with van der Waals surface area (Å²) >= 11 is 0. The third kappa shape index (κ3) is 2.13. The van der Waals surface area contributed by atoms with E-state index in [0.29, 0.717) is 0 Å². The second-order valence-corrected chi connectivity index (χ2v) is 6.51. The molecule has 0 atom stereocenters. The highest BCUT2D eigenvalue weighted by Gasteiger charge is 2.13. The number of benzene rings is 4. The van der Waals surface area contributed by atoms with E-state index in [1.165, 1.54) is 32.5 Å². The first-order valence-electron chi connectivity index (χ1n) is 8.59. The number of fused-ring (bicyclic) bond motifs is 5. The van der Waals surface area contributed by atoms with Gasteiger partial charge in [-0.1, -0.05) is 84.9 Å². The van der Waals surface area contributed by atoms with Crippen LogP contribution < -0.4 is 0 Å². The molecule has 5 rings (SSSR count). The van der Waals surface area contributed by atoms with Gasteiger partial charge in [0.05, 0.1) is 11.2 Å². The third-order valence-corrected chi connectivity index (χ3v) is 4.96. The maximum Gasteiger partial charge on any atom is 0.0788 e. The van der Waals surface area contributed by atoms with Gasteiger partial charge in [0.2, 0.25) is 0 Å². The highest BCUT2D eigenvalue weighted by Crippen LogP contribution is 2.37. The smallest absolute Gasteiger partial charge is 0.0788 e. The molecular weight excluding hydrogens is 302 g/mol. The SMILES string of the molecule is Cc1cccc2c1nc(-c1ccccc1)c1ccc3ccccc3c12. The molecule has 1 heteroatoms. The second-order valence-electron chi connectivity index (χ2n) is 6.51. The van der Waals surface area contributed by atoms with Gasteiger partial charge in [0.1, 0.15) is 0 Å². The van der Waals surface area contributed by atoms with Crippen LogP contribution in [0.2, 0.25) is 0 Å². The van der Waals surface area contributed by atoms with E-state index in [0.717, 1.165) is 16.8 Å². The molecule has 0 aliphatic rings. The molecule has 0 spiro atoms. The van der Waals surface area contributed by atoms with E-state index in [1.54, 1.807) is 0 Å². The van der Waals surface area contributed by atoms with Crippen molar-refractivity contribution in [3.8, 4) is 11.3 Å². The number of aryl methyl sites for hydroxylation is 1. The first-order valence-corrected chi connectivity index (χ1v) is 8.59. The zero-order chi connectivity index (χ0) is 16.8. The largest absolute Gasteiger partial charge is 0.247 e. The minimum Gasteiger partial charge on any atom is -0.247 e. The van der Waals surface area contributed by atoms with Gasteiger partial charge >= 0.3 is 0 Å². The number of hydrogen-bond acceptors (Lipinski definition) is 1. The number of para-hydroxylation sites is 1. The molecule has 0 aliphatic carbocycles. The summed E-state index contributed by atoms with van der Waals surface area (Å²) in [7, 11) is 0. The van der Waals surface area contributed by atoms with Gasteiger partial charge in [-0.05, 0) is 23.3 Å². The molecule has 0 unspecified atom stereocenters. The van der Waals surface area contributed by atoms with E-state index in [-0.39, 0.29) is 0 Å². The Labute approximate surface area is 146 Å². The van der Waals surface area contributed by atoms with Gasteiger partial charge in [-0.25, -0.2) is 4.98 Å². The molecular formula is C24H17N. The average Bonchev–Trinajstić information content (AvgIpc) is 2.68. The molecule has 0 saturated heterocycles. The highest BCUT2D eigenvalue weighted by atomic mass is 14.7. The lowest BCUT2D eigenvalue weighted by Crippen LogP contribution is -1.92. The van der Waals surface area contributed by atoms with Crippen molar-refractivity contribution >= 4 is 32.4 Å². The fourth-order valence-electron chi connectivity index (χ4n) is 3.76. The topological polar surface area (TPSA) is 12.9 Å². The van der Waals surface area contributed by atoms with E-state index in [9.17, 15) is 0 Å². The molecule has 5 aromatic rings. The lowest BCUT2D eigenvalue weighted by molar-refractivity contribution is 1.38. The van der Waals surface area contributed by atoms with Crippen LogP contribution in [-0.4, -0.2) is 4.98 Å². The Hall–Kier alpha value is -3.19. The summed E-state index contributed by atoms with van der Waals surface area (Å²) in [4.78, 5) is 5.08. The van der Waals surface area contributed by atoms with Crippen LogP contribution in [0.4, 0.5) is 0 Å². The summed E-state index contributed by atoms with van der Waals surface area (Å²) in [6.45, 7) is 2.14. The van der Waals surface area contributed by atoms with E-state index in [4.69, 9.17) is 4.98 Å². The maximum absolute atomic E-state index is 5.08. The Morgan fingerprint density at radius 1 is 0.600 bits per heavy atom. The maximum atomic E-state index is 5.08. The minimum absolute atomic E-state index is 1.06. The fraction of sp³-hybridized carbons (Fsp3) is 0.0417. The van der Waals surface area contributed by atoms with Crippen LogP contribution in [0.25, 0.3) is 43.7 Å². The van der Waals surface area contributed by atoms with Gasteiger partial charge in [0, 0.05) is 21.7 Å². The summed E-state index contributed by atoms with van der Waals surface area (Å²) in [6, 6.07) is 30.0. The van der Waals surface area contributed by atoms with Gasteiger partial charge in [0.15, 0.2) is 0 Å². The molecule has 25 heavy (non-hydrogen) atoms. The Kier molecular flexibility index (Phi) is 3.07. The average molecular weight is 319 g/mol. The fourth-order valence-corrected chi connectivity index (χ4v) is 3.76.